The van der Waals surface area contributed by atoms with Crippen LogP contribution in [-0.2, 0) is 21.4 Å². The van der Waals surface area contributed by atoms with Gasteiger partial charge in [-0.2, -0.15) is 17.5 Å². The number of nitrogens with one attached hydrogen (secondary N) is 1. The smallest absolute Gasteiger partial charge is 0.422 e. The van der Waals surface area contributed by atoms with Crippen LogP contribution in [0.25, 0.3) is 0 Å². The third-order valence-corrected chi connectivity index (χ3v) is 7.23. The second-order valence-corrected chi connectivity index (χ2v) is 9.77. The lowest BCUT2D eigenvalue weighted by Crippen LogP contribution is -2.42. The molecule has 0 aromatic heterocycles. The first-order valence-electron chi connectivity index (χ1n) is 9.86. The van der Waals surface area contributed by atoms with E-state index in [2.05, 4.69) is 10.1 Å². The van der Waals surface area contributed by atoms with Crippen molar-refractivity contribution in [1.82, 2.24) is 9.62 Å². The van der Waals surface area contributed by atoms with E-state index in [1.807, 2.05) is 0 Å². The number of amides is 1. The summed E-state index contributed by atoms with van der Waals surface area (Å²) in [7, 11) is -3.64. The second kappa shape index (κ2) is 10.1. The number of hydrogen-bond acceptors (Lipinski definition) is 4. The molecule has 1 heterocycles. The van der Waals surface area contributed by atoms with Gasteiger partial charge in [0, 0.05) is 30.6 Å². The summed E-state index contributed by atoms with van der Waals surface area (Å²) in [5.41, 5.74) is 0.709. The number of piperidine rings is 1. The molecule has 1 fully saturated rings. The molecule has 32 heavy (non-hydrogen) atoms. The number of ether oxygens (including phenoxy) is 1. The maximum atomic E-state index is 12.7. The number of carbonyl (C=O) groups is 1. The van der Waals surface area contributed by atoms with Crippen LogP contribution in [0.2, 0.25) is 5.02 Å². The molecule has 1 aliphatic rings. The van der Waals surface area contributed by atoms with Crippen LogP contribution in [0, 0.1) is 5.92 Å². The number of nitrogens with zero attached hydrogens (tertiary/aromatic N) is 1. The average molecular weight is 491 g/mol. The molecule has 1 aliphatic heterocycles. The molecular formula is C21H22ClF3N2O4S. The number of carbonyl (C=O) groups excluding carboxylic acids is 1. The summed E-state index contributed by atoms with van der Waals surface area (Å²) in [5.74, 6) is -0.418. The van der Waals surface area contributed by atoms with Gasteiger partial charge < -0.3 is 10.1 Å². The van der Waals surface area contributed by atoms with Gasteiger partial charge in [0.2, 0.25) is 15.9 Å². The summed E-state index contributed by atoms with van der Waals surface area (Å²) in [6.45, 7) is -0.695. The highest BCUT2D eigenvalue weighted by Crippen LogP contribution is 2.25. The van der Waals surface area contributed by atoms with Crippen molar-refractivity contribution in [2.45, 2.75) is 30.5 Å². The van der Waals surface area contributed by atoms with E-state index >= 15 is 0 Å². The average Bonchev–Trinajstić information content (AvgIpc) is 2.76. The molecule has 11 heteroatoms. The molecule has 3 rings (SSSR count). The van der Waals surface area contributed by atoms with Crippen LogP contribution in [0.15, 0.2) is 53.4 Å². The van der Waals surface area contributed by atoms with Crippen molar-refractivity contribution in [3.05, 3.63) is 59.1 Å². The topological polar surface area (TPSA) is 75.7 Å². The Morgan fingerprint density at radius 2 is 1.66 bits per heavy atom. The SMILES string of the molecule is O=C(NCc1ccc(OCC(F)(F)F)cc1)C1CCN(S(=O)(=O)c2ccc(Cl)cc2)CC1. The lowest BCUT2D eigenvalue weighted by molar-refractivity contribution is -0.153. The van der Waals surface area contributed by atoms with Crippen molar-refractivity contribution in [3.63, 3.8) is 0 Å². The summed E-state index contributed by atoms with van der Waals surface area (Å²) >= 11 is 5.81. The third-order valence-electron chi connectivity index (χ3n) is 5.07. The second-order valence-electron chi connectivity index (χ2n) is 7.40. The van der Waals surface area contributed by atoms with E-state index in [1.54, 1.807) is 12.1 Å². The molecule has 0 radical (unpaired) electrons. The molecule has 1 N–H and O–H groups in total. The lowest BCUT2D eigenvalue weighted by Gasteiger charge is -2.30. The fraction of sp³-hybridized carbons (Fsp3) is 0.381. The predicted molar refractivity (Wildman–Crippen MR) is 113 cm³/mol. The van der Waals surface area contributed by atoms with E-state index in [4.69, 9.17) is 11.6 Å². The summed E-state index contributed by atoms with van der Waals surface area (Å²) in [6.07, 6.45) is -3.62. The standard InChI is InChI=1S/C21H22ClF3N2O4S/c22-17-3-7-19(8-4-17)32(29,30)27-11-9-16(10-12-27)20(28)26-13-15-1-5-18(6-2-15)31-14-21(23,24)25/h1-8,16H,9-14H2,(H,26,28). The minimum Gasteiger partial charge on any atom is -0.484 e. The Labute approximate surface area is 189 Å². The van der Waals surface area contributed by atoms with Crippen LogP contribution < -0.4 is 10.1 Å². The van der Waals surface area contributed by atoms with Crippen molar-refractivity contribution in [2.24, 2.45) is 5.92 Å². The van der Waals surface area contributed by atoms with Crippen molar-refractivity contribution in [2.75, 3.05) is 19.7 Å². The normalized spacial score (nSPS) is 16.0. The van der Waals surface area contributed by atoms with Crippen LogP contribution in [0.1, 0.15) is 18.4 Å². The van der Waals surface area contributed by atoms with Crippen molar-refractivity contribution in [1.29, 1.82) is 0 Å². The quantitative estimate of drug-likeness (QED) is 0.636. The molecule has 0 atom stereocenters. The van der Waals surface area contributed by atoms with E-state index in [0.29, 0.717) is 23.4 Å². The van der Waals surface area contributed by atoms with Crippen molar-refractivity contribution < 1.29 is 31.1 Å². The van der Waals surface area contributed by atoms with Gasteiger partial charge in [-0.05, 0) is 54.8 Å². The third kappa shape index (κ3) is 6.60. The van der Waals surface area contributed by atoms with E-state index in [-0.39, 0.29) is 42.1 Å². The van der Waals surface area contributed by atoms with E-state index in [1.165, 1.54) is 40.7 Å². The molecule has 2 aromatic carbocycles. The Kier molecular flexibility index (Phi) is 7.68. The molecule has 1 saturated heterocycles. The summed E-state index contributed by atoms with van der Waals surface area (Å²) < 4.78 is 68.0. The maximum Gasteiger partial charge on any atom is 0.422 e. The highest BCUT2D eigenvalue weighted by atomic mass is 35.5. The molecule has 0 spiro atoms. The van der Waals surface area contributed by atoms with Gasteiger partial charge in [-0.25, -0.2) is 8.42 Å². The summed E-state index contributed by atoms with van der Waals surface area (Å²) in [4.78, 5) is 12.6. The van der Waals surface area contributed by atoms with Gasteiger partial charge in [0.15, 0.2) is 6.61 Å². The van der Waals surface area contributed by atoms with Crippen LogP contribution >= 0.6 is 11.6 Å². The number of sulfonamides is 1. The van der Waals surface area contributed by atoms with Gasteiger partial charge in [0.1, 0.15) is 5.75 Å². The first kappa shape index (κ1) is 24.3. The fourth-order valence-electron chi connectivity index (χ4n) is 3.32. The molecule has 6 nitrogen and oxygen atoms in total. The highest BCUT2D eigenvalue weighted by molar-refractivity contribution is 7.89. The predicted octanol–water partition coefficient (Wildman–Crippen LogP) is 4.00. The fourth-order valence-corrected chi connectivity index (χ4v) is 4.91. The number of hydrogen-bond donors (Lipinski definition) is 1. The molecule has 174 valence electrons. The van der Waals surface area contributed by atoms with E-state index in [9.17, 15) is 26.4 Å². The van der Waals surface area contributed by atoms with E-state index in [0.717, 1.165) is 0 Å². The number of alkyl halides is 3. The van der Waals surface area contributed by atoms with Gasteiger partial charge in [0.05, 0.1) is 4.90 Å². The van der Waals surface area contributed by atoms with Gasteiger partial charge >= 0.3 is 6.18 Å². The maximum absolute atomic E-state index is 12.7. The Morgan fingerprint density at radius 3 is 2.22 bits per heavy atom. The first-order chi connectivity index (χ1) is 15.0. The Balaban J connectivity index is 1.47. The Bertz CT molecular complexity index is 1020. The monoisotopic (exact) mass is 490 g/mol. The summed E-state index contributed by atoms with van der Waals surface area (Å²) in [6, 6.07) is 11.9. The van der Waals surface area contributed by atoms with Gasteiger partial charge in [-0.1, -0.05) is 23.7 Å². The lowest BCUT2D eigenvalue weighted by atomic mass is 9.97. The van der Waals surface area contributed by atoms with Crippen LogP contribution in [0.4, 0.5) is 13.2 Å². The number of rotatable bonds is 7. The molecule has 1 amide bonds. The van der Waals surface area contributed by atoms with Gasteiger partial charge in [-0.3, -0.25) is 4.79 Å². The van der Waals surface area contributed by atoms with Crippen molar-refractivity contribution >= 4 is 27.5 Å². The first-order valence-corrected chi connectivity index (χ1v) is 11.7. The number of halogens is 4. The molecule has 0 unspecified atom stereocenters. The zero-order valence-corrected chi connectivity index (χ0v) is 18.5. The van der Waals surface area contributed by atoms with Crippen LogP contribution in [0.3, 0.4) is 0 Å². The summed E-state index contributed by atoms with van der Waals surface area (Å²) in [5, 5.41) is 3.24. The zero-order valence-electron chi connectivity index (χ0n) is 16.9. The zero-order chi connectivity index (χ0) is 23.4. The van der Waals surface area contributed by atoms with Gasteiger partial charge in [0.25, 0.3) is 0 Å². The molecule has 0 saturated carbocycles. The van der Waals surface area contributed by atoms with Gasteiger partial charge in [-0.15, -0.1) is 0 Å². The van der Waals surface area contributed by atoms with Crippen molar-refractivity contribution in [3.8, 4) is 5.75 Å². The molecular weight excluding hydrogens is 469 g/mol. The van der Waals surface area contributed by atoms with Crippen LogP contribution in [0.5, 0.6) is 5.75 Å². The largest absolute Gasteiger partial charge is 0.484 e. The number of benzene rings is 2. The Morgan fingerprint density at radius 1 is 1.06 bits per heavy atom. The Hall–Kier alpha value is -2.30. The molecule has 2 aromatic rings. The van der Waals surface area contributed by atoms with E-state index < -0.39 is 22.8 Å². The van der Waals surface area contributed by atoms with Crippen LogP contribution in [-0.4, -0.2) is 44.5 Å². The molecule has 0 bridgehead atoms. The minimum absolute atomic E-state index is 0.0895. The highest BCUT2D eigenvalue weighted by Gasteiger charge is 2.32. The minimum atomic E-state index is -4.41. The molecule has 0 aliphatic carbocycles.